The number of nitrogens with one attached hydrogen (secondary N) is 1. The Morgan fingerprint density at radius 1 is 1.11 bits per heavy atom. The molecule has 0 radical (unpaired) electrons. The highest BCUT2D eigenvalue weighted by Gasteiger charge is 2.05. The number of rotatable bonds is 3. The first-order chi connectivity index (χ1) is 8.86. The van der Waals surface area contributed by atoms with Crippen LogP contribution in [0.3, 0.4) is 0 Å². The van der Waals surface area contributed by atoms with Gasteiger partial charge in [0.1, 0.15) is 11.3 Å². The van der Waals surface area contributed by atoms with Crippen LogP contribution >= 0.6 is 0 Å². The molecule has 0 aliphatic heterocycles. The van der Waals surface area contributed by atoms with E-state index in [1.807, 2.05) is 37.4 Å². The highest BCUT2D eigenvalue weighted by molar-refractivity contribution is 5.56. The third kappa shape index (κ3) is 1.86. The van der Waals surface area contributed by atoms with E-state index in [0.29, 0.717) is 5.88 Å². The summed E-state index contributed by atoms with van der Waals surface area (Å²) in [5.74, 6) is 1.29. The zero-order valence-corrected chi connectivity index (χ0v) is 9.87. The molecule has 0 saturated heterocycles. The molecule has 0 amide bonds. The minimum absolute atomic E-state index is 0.548. The van der Waals surface area contributed by atoms with Gasteiger partial charge >= 0.3 is 0 Å². The number of fused-ring (bicyclic) bond motifs is 1. The van der Waals surface area contributed by atoms with Gasteiger partial charge in [0.2, 0.25) is 5.88 Å². The van der Waals surface area contributed by atoms with Gasteiger partial charge in [-0.1, -0.05) is 0 Å². The summed E-state index contributed by atoms with van der Waals surface area (Å²) < 4.78 is 7.48. The third-order valence-corrected chi connectivity index (χ3v) is 2.65. The van der Waals surface area contributed by atoms with Crippen molar-refractivity contribution in [3.8, 4) is 11.6 Å². The van der Waals surface area contributed by atoms with E-state index in [9.17, 15) is 0 Å². The Bertz CT molecular complexity index is 660. The summed E-state index contributed by atoms with van der Waals surface area (Å²) in [6, 6.07) is 9.56. The van der Waals surface area contributed by atoms with Gasteiger partial charge in [0.15, 0.2) is 0 Å². The zero-order valence-electron chi connectivity index (χ0n) is 9.87. The molecule has 3 aromatic rings. The monoisotopic (exact) mass is 240 g/mol. The van der Waals surface area contributed by atoms with Crippen molar-refractivity contribution < 1.29 is 4.74 Å². The van der Waals surface area contributed by atoms with E-state index < -0.39 is 0 Å². The van der Waals surface area contributed by atoms with E-state index in [-0.39, 0.29) is 0 Å². The lowest BCUT2D eigenvalue weighted by atomic mass is 10.3. The molecule has 0 bridgehead atoms. The van der Waals surface area contributed by atoms with E-state index in [1.165, 1.54) is 0 Å². The first kappa shape index (κ1) is 10.6. The van der Waals surface area contributed by atoms with E-state index >= 15 is 0 Å². The highest BCUT2D eigenvalue weighted by Crippen LogP contribution is 2.24. The Kier molecular flexibility index (Phi) is 2.57. The Morgan fingerprint density at radius 2 is 1.94 bits per heavy atom. The van der Waals surface area contributed by atoms with Crippen LogP contribution in [-0.4, -0.2) is 21.6 Å². The van der Waals surface area contributed by atoms with Crippen molar-refractivity contribution in [1.29, 1.82) is 0 Å². The first-order valence-corrected chi connectivity index (χ1v) is 5.61. The molecule has 5 heteroatoms. The van der Waals surface area contributed by atoms with E-state index in [2.05, 4.69) is 15.4 Å². The van der Waals surface area contributed by atoms with Crippen molar-refractivity contribution in [2.75, 3.05) is 12.4 Å². The molecule has 90 valence electrons. The zero-order chi connectivity index (χ0) is 12.4. The molecule has 0 fully saturated rings. The number of anilines is 1. The van der Waals surface area contributed by atoms with E-state index in [4.69, 9.17) is 4.74 Å². The third-order valence-electron chi connectivity index (χ3n) is 2.65. The van der Waals surface area contributed by atoms with Crippen molar-refractivity contribution >= 4 is 11.2 Å². The molecule has 0 aliphatic carbocycles. The summed E-state index contributed by atoms with van der Waals surface area (Å²) in [6.45, 7) is 0. The van der Waals surface area contributed by atoms with Gasteiger partial charge in [-0.05, 0) is 30.3 Å². The largest absolute Gasteiger partial charge is 0.437 e. The van der Waals surface area contributed by atoms with Crippen LogP contribution in [-0.2, 0) is 0 Å². The van der Waals surface area contributed by atoms with E-state index in [1.54, 1.807) is 23.1 Å². The molecule has 2 heterocycles. The summed E-state index contributed by atoms with van der Waals surface area (Å²) in [7, 11) is 1.88. The second-order valence-electron chi connectivity index (χ2n) is 3.77. The maximum Gasteiger partial charge on any atom is 0.245 e. The number of ether oxygens (including phenoxy) is 1. The quantitative estimate of drug-likeness (QED) is 0.764. The van der Waals surface area contributed by atoms with E-state index in [0.717, 1.165) is 17.0 Å². The van der Waals surface area contributed by atoms with Gasteiger partial charge in [0.05, 0.1) is 6.20 Å². The normalized spacial score (nSPS) is 10.5. The molecule has 18 heavy (non-hydrogen) atoms. The summed E-state index contributed by atoms with van der Waals surface area (Å²) in [6.07, 6.45) is 5.16. The van der Waals surface area contributed by atoms with Crippen molar-refractivity contribution in [3.05, 3.63) is 48.9 Å². The fourth-order valence-electron chi connectivity index (χ4n) is 1.71. The maximum atomic E-state index is 5.75. The number of hydrogen-bond donors (Lipinski definition) is 1. The summed E-state index contributed by atoms with van der Waals surface area (Å²) >= 11 is 0. The van der Waals surface area contributed by atoms with Gasteiger partial charge in [0.25, 0.3) is 0 Å². The Morgan fingerprint density at radius 3 is 2.72 bits per heavy atom. The standard InChI is InChI=1S/C13H12N4O/c1-14-10-2-4-11(5-3-10)18-13-12-6-7-16-17(12)9-8-15-13/h2-9,14H,1H3. The Labute approximate surface area is 104 Å². The van der Waals surface area contributed by atoms with Crippen LogP contribution in [0, 0.1) is 0 Å². The van der Waals surface area contributed by atoms with Gasteiger partial charge in [-0.3, -0.25) is 0 Å². The van der Waals surface area contributed by atoms with Crippen molar-refractivity contribution in [1.82, 2.24) is 14.6 Å². The number of benzene rings is 1. The SMILES string of the molecule is CNc1ccc(Oc2nccn3nccc23)cc1. The van der Waals surface area contributed by atoms with Gasteiger partial charge in [-0.15, -0.1) is 0 Å². The van der Waals surface area contributed by atoms with Crippen LogP contribution in [0.1, 0.15) is 0 Å². The van der Waals surface area contributed by atoms with Crippen molar-refractivity contribution in [2.45, 2.75) is 0 Å². The lowest BCUT2D eigenvalue weighted by Crippen LogP contribution is -1.94. The lowest BCUT2D eigenvalue weighted by molar-refractivity contribution is 0.465. The van der Waals surface area contributed by atoms with Crippen LogP contribution in [0.2, 0.25) is 0 Å². The van der Waals surface area contributed by atoms with Gasteiger partial charge in [-0.25, -0.2) is 9.50 Å². The second kappa shape index (κ2) is 4.37. The fourth-order valence-corrected chi connectivity index (χ4v) is 1.71. The molecule has 1 N–H and O–H groups in total. The molecule has 2 aromatic heterocycles. The minimum atomic E-state index is 0.548. The lowest BCUT2D eigenvalue weighted by Gasteiger charge is -2.06. The molecule has 3 rings (SSSR count). The second-order valence-corrected chi connectivity index (χ2v) is 3.77. The Hall–Kier alpha value is -2.56. The van der Waals surface area contributed by atoms with Crippen molar-refractivity contribution in [3.63, 3.8) is 0 Å². The molecule has 0 aliphatic rings. The summed E-state index contributed by atoms with van der Waals surface area (Å²) in [5, 5.41) is 7.19. The predicted octanol–water partition coefficient (Wildman–Crippen LogP) is 2.56. The van der Waals surface area contributed by atoms with Crippen LogP contribution in [0.15, 0.2) is 48.9 Å². The molecule has 0 unspecified atom stereocenters. The average Bonchev–Trinajstić information content (AvgIpc) is 2.89. The van der Waals surface area contributed by atoms with Gasteiger partial charge < -0.3 is 10.1 Å². The summed E-state index contributed by atoms with van der Waals surface area (Å²) in [4.78, 5) is 4.22. The molecular formula is C13H12N4O. The van der Waals surface area contributed by atoms with Crippen LogP contribution in [0.25, 0.3) is 5.52 Å². The summed E-state index contributed by atoms with van der Waals surface area (Å²) in [5.41, 5.74) is 1.88. The highest BCUT2D eigenvalue weighted by atomic mass is 16.5. The predicted molar refractivity (Wildman–Crippen MR) is 69.0 cm³/mol. The molecule has 5 nitrogen and oxygen atoms in total. The number of nitrogens with zero attached hydrogens (tertiary/aromatic N) is 3. The Balaban J connectivity index is 1.93. The fraction of sp³-hybridized carbons (Fsp3) is 0.0769. The smallest absolute Gasteiger partial charge is 0.245 e. The van der Waals surface area contributed by atoms with Crippen LogP contribution in [0.5, 0.6) is 11.6 Å². The van der Waals surface area contributed by atoms with Crippen LogP contribution < -0.4 is 10.1 Å². The molecule has 0 saturated carbocycles. The van der Waals surface area contributed by atoms with Crippen LogP contribution in [0.4, 0.5) is 5.69 Å². The van der Waals surface area contributed by atoms with Crippen molar-refractivity contribution in [2.24, 2.45) is 0 Å². The van der Waals surface area contributed by atoms with Gasteiger partial charge in [0, 0.05) is 25.1 Å². The topological polar surface area (TPSA) is 51.5 Å². The average molecular weight is 240 g/mol. The number of hydrogen-bond acceptors (Lipinski definition) is 4. The number of aromatic nitrogens is 3. The first-order valence-electron chi connectivity index (χ1n) is 5.61. The molecule has 1 aromatic carbocycles. The maximum absolute atomic E-state index is 5.75. The molecule has 0 spiro atoms. The molecular weight excluding hydrogens is 228 g/mol. The molecule has 0 atom stereocenters. The minimum Gasteiger partial charge on any atom is -0.437 e. The van der Waals surface area contributed by atoms with Gasteiger partial charge in [-0.2, -0.15) is 5.10 Å².